The van der Waals surface area contributed by atoms with Gasteiger partial charge in [-0.25, -0.2) is 0 Å². The summed E-state index contributed by atoms with van der Waals surface area (Å²) in [5.41, 5.74) is 0. The Bertz CT molecular complexity index is 431. The largest absolute Gasteiger partial charge is 0.492 e. The molecule has 1 aromatic carbocycles. The molecule has 1 heterocycles. The lowest BCUT2D eigenvalue weighted by atomic mass is 9.85. The highest BCUT2D eigenvalue weighted by Gasteiger charge is 2.27. The van der Waals surface area contributed by atoms with Crippen molar-refractivity contribution in [3.8, 4) is 5.75 Å². The number of piperidine rings is 1. The number of likely N-dealkylation sites (tertiary alicyclic amines) is 1. The monoisotopic (exact) mass is 311 g/mol. The summed E-state index contributed by atoms with van der Waals surface area (Å²) in [7, 11) is 0. The zero-order chi connectivity index (χ0) is 15.2. The van der Waals surface area contributed by atoms with Crippen LogP contribution in [-0.2, 0) is 0 Å². The van der Waals surface area contributed by atoms with Crippen molar-refractivity contribution in [1.29, 1.82) is 0 Å². The normalized spacial score (nSPS) is 18.9. The average Bonchev–Trinajstić information content (AvgIpc) is 2.50. The molecule has 1 aliphatic heterocycles. The van der Waals surface area contributed by atoms with Crippen LogP contribution in [0.1, 0.15) is 26.7 Å². The molecule has 0 radical (unpaired) electrons. The van der Waals surface area contributed by atoms with Crippen molar-refractivity contribution >= 4 is 11.6 Å². The van der Waals surface area contributed by atoms with E-state index in [1.54, 1.807) is 0 Å². The number of hydrogen-bond acceptors (Lipinski definition) is 3. The summed E-state index contributed by atoms with van der Waals surface area (Å²) in [5, 5.41) is 10.3. The third-order valence-electron chi connectivity index (χ3n) is 4.50. The van der Waals surface area contributed by atoms with Crippen molar-refractivity contribution in [2.45, 2.75) is 32.7 Å². The molecule has 0 bridgehead atoms. The van der Waals surface area contributed by atoms with Crippen LogP contribution in [0, 0.1) is 11.8 Å². The first kappa shape index (κ1) is 16.6. The van der Waals surface area contributed by atoms with Crippen molar-refractivity contribution in [3.05, 3.63) is 29.3 Å². The van der Waals surface area contributed by atoms with E-state index in [4.69, 9.17) is 16.3 Å². The second-order valence-corrected chi connectivity index (χ2v) is 6.56. The third kappa shape index (κ3) is 4.60. The molecule has 1 saturated heterocycles. The van der Waals surface area contributed by atoms with Crippen LogP contribution in [0.15, 0.2) is 24.3 Å². The summed E-state index contributed by atoms with van der Waals surface area (Å²) in [4.78, 5) is 2.50. The Kier molecular flexibility index (Phi) is 6.34. The highest BCUT2D eigenvalue weighted by atomic mass is 35.5. The fourth-order valence-electron chi connectivity index (χ4n) is 3.00. The standard InChI is InChI=1S/C17H26ClNO2/c1-13(2)19-9-7-14(8-10-19)15(11-20)12-21-17-6-4-3-5-16(17)18/h3-6,13-15,20H,7-12H2,1-2H3. The van der Waals surface area contributed by atoms with Gasteiger partial charge in [-0.2, -0.15) is 0 Å². The molecule has 0 aromatic heterocycles. The zero-order valence-corrected chi connectivity index (χ0v) is 13.7. The number of halogens is 1. The van der Waals surface area contributed by atoms with E-state index >= 15 is 0 Å². The molecule has 1 aromatic rings. The van der Waals surface area contributed by atoms with Crippen molar-refractivity contribution in [3.63, 3.8) is 0 Å². The second-order valence-electron chi connectivity index (χ2n) is 6.15. The van der Waals surface area contributed by atoms with Gasteiger partial charge in [-0.3, -0.25) is 0 Å². The van der Waals surface area contributed by atoms with Gasteiger partial charge >= 0.3 is 0 Å². The van der Waals surface area contributed by atoms with E-state index in [-0.39, 0.29) is 12.5 Å². The molecule has 0 spiro atoms. The van der Waals surface area contributed by atoms with E-state index in [1.165, 1.54) is 0 Å². The van der Waals surface area contributed by atoms with Crippen LogP contribution >= 0.6 is 11.6 Å². The summed E-state index contributed by atoms with van der Waals surface area (Å²) >= 11 is 6.10. The van der Waals surface area contributed by atoms with Crippen LogP contribution in [-0.4, -0.2) is 42.4 Å². The lowest BCUT2D eigenvalue weighted by molar-refractivity contribution is 0.0648. The maximum Gasteiger partial charge on any atom is 0.137 e. The Morgan fingerprint density at radius 2 is 1.95 bits per heavy atom. The molecular weight excluding hydrogens is 286 g/mol. The predicted octanol–water partition coefficient (Wildman–Crippen LogP) is 3.45. The third-order valence-corrected chi connectivity index (χ3v) is 4.81. The summed E-state index contributed by atoms with van der Waals surface area (Å²) < 4.78 is 5.81. The van der Waals surface area contributed by atoms with Gasteiger partial charge in [-0.15, -0.1) is 0 Å². The molecule has 1 unspecified atom stereocenters. The summed E-state index contributed by atoms with van der Waals surface area (Å²) in [6.45, 7) is 7.42. The SMILES string of the molecule is CC(C)N1CCC(C(CO)COc2ccccc2Cl)CC1. The van der Waals surface area contributed by atoms with Crippen LogP contribution < -0.4 is 4.74 Å². The maximum absolute atomic E-state index is 9.67. The van der Waals surface area contributed by atoms with E-state index in [1.807, 2.05) is 24.3 Å². The Hall–Kier alpha value is -0.770. The predicted molar refractivity (Wildman–Crippen MR) is 87.0 cm³/mol. The van der Waals surface area contributed by atoms with Gasteiger partial charge < -0.3 is 14.7 Å². The van der Waals surface area contributed by atoms with Crippen LogP contribution in [0.2, 0.25) is 5.02 Å². The van der Waals surface area contributed by atoms with E-state index < -0.39 is 0 Å². The van der Waals surface area contributed by atoms with Gasteiger partial charge in [0.15, 0.2) is 0 Å². The summed E-state index contributed by atoms with van der Waals surface area (Å²) in [6, 6.07) is 8.11. The van der Waals surface area contributed by atoms with Crippen molar-refractivity contribution in [2.75, 3.05) is 26.3 Å². The number of rotatable bonds is 6. The van der Waals surface area contributed by atoms with Gasteiger partial charge in [-0.05, 0) is 57.8 Å². The minimum atomic E-state index is 0.177. The number of benzene rings is 1. The van der Waals surface area contributed by atoms with Gasteiger partial charge in [0.05, 0.1) is 11.6 Å². The van der Waals surface area contributed by atoms with Crippen molar-refractivity contribution in [2.24, 2.45) is 11.8 Å². The molecule has 4 heteroatoms. The molecule has 21 heavy (non-hydrogen) atoms. The Morgan fingerprint density at radius 1 is 1.29 bits per heavy atom. The minimum Gasteiger partial charge on any atom is -0.492 e. The lowest BCUT2D eigenvalue weighted by Crippen LogP contribution is -2.41. The number of ether oxygens (including phenoxy) is 1. The van der Waals surface area contributed by atoms with Crippen LogP contribution in [0.3, 0.4) is 0 Å². The van der Waals surface area contributed by atoms with Crippen molar-refractivity contribution in [1.82, 2.24) is 4.90 Å². The van der Waals surface area contributed by atoms with Gasteiger partial charge in [0.25, 0.3) is 0 Å². The first-order valence-corrected chi connectivity index (χ1v) is 8.22. The number of aliphatic hydroxyl groups is 1. The number of aliphatic hydroxyl groups excluding tert-OH is 1. The van der Waals surface area contributed by atoms with Crippen LogP contribution in [0.5, 0.6) is 5.75 Å². The number of para-hydroxylation sites is 1. The fraction of sp³-hybridized carbons (Fsp3) is 0.647. The molecule has 3 nitrogen and oxygen atoms in total. The van der Waals surface area contributed by atoms with E-state index in [0.717, 1.165) is 25.9 Å². The fourth-order valence-corrected chi connectivity index (χ4v) is 3.19. The number of hydrogen-bond donors (Lipinski definition) is 1. The zero-order valence-electron chi connectivity index (χ0n) is 13.0. The van der Waals surface area contributed by atoms with Gasteiger partial charge in [0.1, 0.15) is 5.75 Å². The van der Waals surface area contributed by atoms with E-state index in [2.05, 4.69) is 18.7 Å². The molecule has 118 valence electrons. The molecule has 0 amide bonds. The summed E-state index contributed by atoms with van der Waals surface area (Å²) in [6.07, 6.45) is 2.27. The van der Waals surface area contributed by atoms with Gasteiger partial charge in [0, 0.05) is 18.6 Å². The highest BCUT2D eigenvalue weighted by Crippen LogP contribution is 2.28. The number of nitrogens with zero attached hydrogens (tertiary/aromatic N) is 1. The molecule has 1 fully saturated rings. The average molecular weight is 312 g/mol. The summed E-state index contributed by atoms with van der Waals surface area (Å²) in [5.74, 6) is 1.43. The molecule has 1 N–H and O–H groups in total. The first-order valence-electron chi connectivity index (χ1n) is 7.84. The quantitative estimate of drug-likeness (QED) is 0.873. The van der Waals surface area contributed by atoms with Crippen molar-refractivity contribution < 1.29 is 9.84 Å². The highest BCUT2D eigenvalue weighted by molar-refractivity contribution is 6.32. The molecular formula is C17H26ClNO2. The van der Waals surface area contributed by atoms with E-state index in [9.17, 15) is 5.11 Å². The molecule has 0 aliphatic carbocycles. The second kappa shape index (κ2) is 8.02. The first-order chi connectivity index (χ1) is 10.1. The minimum absolute atomic E-state index is 0.177. The Labute approximate surface area is 132 Å². The smallest absolute Gasteiger partial charge is 0.137 e. The maximum atomic E-state index is 9.67. The Balaban J connectivity index is 1.85. The molecule has 0 saturated carbocycles. The topological polar surface area (TPSA) is 32.7 Å². The molecule has 1 atom stereocenters. The van der Waals surface area contributed by atoms with Gasteiger partial charge in [-0.1, -0.05) is 23.7 Å². The van der Waals surface area contributed by atoms with E-state index in [0.29, 0.717) is 29.3 Å². The van der Waals surface area contributed by atoms with Crippen LogP contribution in [0.25, 0.3) is 0 Å². The lowest BCUT2D eigenvalue weighted by Gasteiger charge is -2.37. The van der Waals surface area contributed by atoms with Gasteiger partial charge in [0.2, 0.25) is 0 Å². The van der Waals surface area contributed by atoms with Crippen LogP contribution in [0.4, 0.5) is 0 Å². The molecule has 2 rings (SSSR count). The molecule has 1 aliphatic rings. The Morgan fingerprint density at radius 3 is 2.52 bits per heavy atom.